The number of aromatic nitrogens is 2. The molecule has 1 aromatic rings. The summed E-state index contributed by atoms with van der Waals surface area (Å²) in [4.78, 5) is 21.6. The van der Waals surface area contributed by atoms with Gasteiger partial charge in [-0.2, -0.15) is 0 Å². The van der Waals surface area contributed by atoms with Crippen LogP contribution in [0.2, 0.25) is 0 Å². The summed E-state index contributed by atoms with van der Waals surface area (Å²) in [5.74, 6) is -0.531. The molecule has 20 heavy (non-hydrogen) atoms. The number of morpholine rings is 1. The molecule has 2 heterocycles. The Morgan fingerprint density at radius 2 is 2.15 bits per heavy atom. The van der Waals surface area contributed by atoms with Crippen LogP contribution in [-0.2, 0) is 16.1 Å². The molecule has 0 unspecified atom stereocenters. The minimum absolute atomic E-state index is 0.0740. The number of nitrogens with zero attached hydrogens (tertiary/aromatic N) is 3. The van der Waals surface area contributed by atoms with Gasteiger partial charge in [-0.25, -0.2) is 14.8 Å². The number of methoxy groups -OCH3 is 1. The molecule has 110 valence electrons. The fourth-order valence-electron chi connectivity index (χ4n) is 2.33. The number of carboxylic acid groups (broad SMARTS) is 1. The van der Waals surface area contributed by atoms with Crippen LogP contribution in [0.3, 0.4) is 0 Å². The van der Waals surface area contributed by atoms with E-state index in [-0.39, 0.29) is 24.4 Å². The summed E-state index contributed by atoms with van der Waals surface area (Å²) in [6, 6.07) is 0. The van der Waals surface area contributed by atoms with Gasteiger partial charge in [0.05, 0.1) is 24.5 Å². The lowest BCUT2D eigenvalue weighted by molar-refractivity contribution is -0.00576. The van der Waals surface area contributed by atoms with Gasteiger partial charge in [-0.15, -0.1) is 0 Å². The van der Waals surface area contributed by atoms with Gasteiger partial charge in [-0.1, -0.05) is 0 Å². The van der Waals surface area contributed by atoms with Gasteiger partial charge in [0.1, 0.15) is 5.56 Å². The number of hydrogen-bond acceptors (Lipinski definition) is 6. The Morgan fingerprint density at radius 1 is 1.50 bits per heavy atom. The van der Waals surface area contributed by atoms with Crippen molar-refractivity contribution in [3.8, 4) is 0 Å². The lowest BCUT2D eigenvalue weighted by Crippen LogP contribution is -2.46. The van der Waals surface area contributed by atoms with Crippen LogP contribution in [0.25, 0.3) is 0 Å². The van der Waals surface area contributed by atoms with Crippen LogP contribution in [-0.4, -0.2) is 53.5 Å². The molecule has 7 heteroatoms. The lowest BCUT2D eigenvalue weighted by Gasteiger charge is -2.35. The molecule has 0 amide bonds. The number of carbonyl (C=O) groups is 1. The summed E-state index contributed by atoms with van der Waals surface area (Å²) >= 11 is 0. The van der Waals surface area contributed by atoms with Gasteiger partial charge in [0.15, 0.2) is 0 Å². The van der Waals surface area contributed by atoms with E-state index in [1.54, 1.807) is 0 Å². The molecule has 1 saturated heterocycles. The molecule has 0 bridgehead atoms. The first-order chi connectivity index (χ1) is 9.51. The molecule has 7 nitrogen and oxygen atoms in total. The predicted molar refractivity (Wildman–Crippen MR) is 71.9 cm³/mol. The summed E-state index contributed by atoms with van der Waals surface area (Å²) in [5, 5.41) is 9.11. The van der Waals surface area contributed by atoms with Crippen molar-refractivity contribution in [3.63, 3.8) is 0 Å². The van der Waals surface area contributed by atoms with E-state index < -0.39 is 5.97 Å². The maximum atomic E-state index is 11.1. The van der Waals surface area contributed by atoms with Crippen molar-refractivity contribution in [1.29, 1.82) is 0 Å². The van der Waals surface area contributed by atoms with Gasteiger partial charge >= 0.3 is 5.97 Å². The Morgan fingerprint density at radius 3 is 2.70 bits per heavy atom. The molecule has 1 aliphatic heterocycles. The van der Waals surface area contributed by atoms with Crippen molar-refractivity contribution in [2.24, 2.45) is 0 Å². The molecule has 0 spiro atoms. The standard InChI is InChI=1S/C13H19N3O4/c1-8-5-16(6-9(2)20-8)13-14-4-10(12(17)18)11(15-13)7-19-3/h4,8-9H,5-7H2,1-3H3,(H,17,18)/t8-,9+. The van der Waals surface area contributed by atoms with E-state index >= 15 is 0 Å². The third-order valence-corrected chi connectivity index (χ3v) is 3.07. The Labute approximate surface area is 117 Å². The minimum Gasteiger partial charge on any atom is -0.478 e. The molecule has 1 aliphatic rings. The molecular weight excluding hydrogens is 262 g/mol. The first kappa shape index (κ1) is 14.7. The van der Waals surface area contributed by atoms with Crippen molar-refractivity contribution >= 4 is 11.9 Å². The van der Waals surface area contributed by atoms with Crippen molar-refractivity contribution in [2.75, 3.05) is 25.1 Å². The fourth-order valence-corrected chi connectivity index (χ4v) is 2.33. The molecule has 0 aliphatic carbocycles. The zero-order chi connectivity index (χ0) is 14.7. The molecule has 0 radical (unpaired) electrons. The number of anilines is 1. The summed E-state index contributed by atoms with van der Waals surface area (Å²) in [6.45, 7) is 5.49. The van der Waals surface area contributed by atoms with Crippen molar-refractivity contribution < 1.29 is 19.4 Å². The second kappa shape index (κ2) is 6.15. The molecule has 1 N–H and O–H groups in total. The number of carboxylic acids is 1. The molecular formula is C13H19N3O4. The highest BCUT2D eigenvalue weighted by Crippen LogP contribution is 2.18. The highest BCUT2D eigenvalue weighted by Gasteiger charge is 2.25. The quantitative estimate of drug-likeness (QED) is 0.878. The zero-order valence-electron chi connectivity index (χ0n) is 11.9. The third-order valence-electron chi connectivity index (χ3n) is 3.07. The number of ether oxygens (including phenoxy) is 2. The molecule has 1 aromatic heterocycles. The van der Waals surface area contributed by atoms with Gasteiger partial charge in [-0.3, -0.25) is 0 Å². The lowest BCUT2D eigenvalue weighted by atomic mass is 10.2. The van der Waals surface area contributed by atoms with Crippen molar-refractivity contribution in [1.82, 2.24) is 9.97 Å². The Bertz CT molecular complexity index is 485. The first-order valence-electron chi connectivity index (χ1n) is 6.49. The van der Waals surface area contributed by atoms with Gasteiger partial charge in [-0.05, 0) is 13.8 Å². The monoisotopic (exact) mass is 281 g/mol. The van der Waals surface area contributed by atoms with Crippen LogP contribution in [0.15, 0.2) is 6.20 Å². The van der Waals surface area contributed by atoms with E-state index in [2.05, 4.69) is 9.97 Å². The fraction of sp³-hybridized carbons (Fsp3) is 0.615. The largest absolute Gasteiger partial charge is 0.478 e. The van der Waals surface area contributed by atoms with Crippen LogP contribution in [0, 0.1) is 0 Å². The van der Waals surface area contributed by atoms with Crippen LogP contribution in [0.4, 0.5) is 5.95 Å². The second-order valence-corrected chi connectivity index (χ2v) is 4.93. The summed E-state index contributed by atoms with van der Waals surface area (Å²) < 4.78 is 10.7. The molecule has 0 saturated carbocycles. The van der Waals surface area contributed by atoms with E-state index in [4.69, 9.17) is 14.6 Å². The van der Waals surface area contributed by atoms with Crippen LogP contribution in [0.5, 0.6) is 0 Å². The maximum Gasteiger partial charge on any atom is 0.339 e. The van der Waals surface area contributed by atoms with E-state index in [9.17, 15) is 4.79 Å². The minimum atomic E-state index is -1.05. The second-order valence-electron chi connectivity index (χ2n) is 4.93. The first-order valence-corrected chi connectivity index (χ1v) is 6.49. The number of aromatic carboxylic acids is 1. The maximum absolute atomic E-state index is 11.1. The Kier molecular flexibility index (Phi) is 4.51. The van der Waals surface area contributed by atoms with E-state index in [0.717, 1.165) is 0 Å². The molecule has 2 rings (SSSR count). The van der Waals surface area contributed by atoms with Gasteiger partial charge < -0.3 is 19.5 Å². The van der Waals surface area contributed by atoms with Gasteiger partial charge in [0.2, 0.25) is 5.95 Å². The van der Waals surface area contributed by atoms with Crippen LogP contribution >= 0.6 is 0 Å². The smallest absolute Gasteiger partial charge is 0.339 e. The van der Waals surface area contributed by atoms with E-state index in [1.165, 1.54) is 13.3 Å². The molecule has 0 aromatic carbocycles. The van der Waals surface area contributed by atoms with Crippen molar-refractivity contribution in [2.45, 2.75) is 32.7 Å². The summed E-state index contributed by atoms with van der Waals surface area (Å²) in [7, 11) is 1.51. The highest BCUT2D eigenvalue weighted by molar-refractivity contribution is 5.88. The van der Waals surface area contributed by atoms with E-state index in [1.807, 2.05) is 18.7 Å². The van der Waals surface area contributed by atoms with Crippen LogP contribution in [0.1, 0.15) is 29.9 Å². The SMILES string of the molecule is COCc1nc(N2C[C@@H](C)O[C@@H](C)C2)ncc1C(=O)O. The normalized spacial score (nSPS) is 22.9. The summed E-state index contributed by atoms with van der Waals surface area (Å²) in [5.41, 5.74) is 0.460. The Hall–Kier alpha value is -1.73. The average Bonchev–Trinajstić information content (AvgIpc) is 2.37. The predicted octanol–water partition coefficient (Wildman–Crippen LogP) is 0.935. The topological polar surface area (TPSA) is 84.8 Å². The van der Waals surface area contributed by atoms with E-state index in [0.29, 0.717) is 24.7 Å². The van der Waals surface area contributed by atoms with Gasteiger partial charge in [0, 0.05) is 26.4 Å². The number of rotatable bonds is 4. The third kappa shape index (κ3) is 3.23. The molecule has 1 fully saturated rings. The van der Waals surface area contributed by atoms with Gasteiger partial charge in [0.25, 0.3) is 0 Å². The average molecular weight is 281 g/mol. The molecule has 2 atom stereocenters. The van der Waals surface area contributed by atoms with Crippen molar-refractivity contribution in [3.05, 3.63) is 17.5 Å². The van der Waals surface area contributed by atoms with Crippen LogP contribution < -0.4 is 4.90 Å². The zero-order valence-corrected chi connectivity index (χ0v) is 11.9. The Balaban J connectivity index is 2.28. The summed E-state index contributed by atoms with van der Waals surface area (Å²) in [6.07, 6.45) is 1.52. The number of hydrogen-bond donors (Lipinski definition) is 1. The highest BCUT2D eigenvalue weighted by atomic mass is 16.5.